The number of nitrogens with one attached hydrogen (secondary N) is 2. The van der Waals surface area contributed by atoms with Gasteiger partial charge in [-0.25, -0.2) is 0 Å². The maximum Gasteiger partial charge on any atom is 0.253 e. The number of hydrogen-bond donors (Lipinski definition) is 3. The number of aromatic amines is 1. The summed E-state index contributed by atoms with van der Waals surface area (Å²) >= 11 is 0. The van der Waals surface area contributed by atoms with Gasteiger partial charge in [0.25, 0.3) is 5.91 Å². The van der Waals surface area contributed by atoms with Crippen LogP contribution < -0.4 is 5.32 Å². The first-order chi connectivity index (χ1) is 8.63. The number of aryl methyl sites for hydroxylation is 1. The van der Waals surface area contributed by atoms with Gasteiger partial charge in [-0.05, 0) is 19.4 Å². The van der Waals surface area contributed by atoms with Gasteiger partial charge in [0.15, 0.2) is 0 Å². The van der Waals surface area contributed by atoms with Crippen LogP contribution in [-0.4, -0.2) is 28.6 Å². The van der Waals surface area contributed by atoms with Crippen molar-refractivity contribution >= 4 is 16.8 Å². The summed E-state index contributed by atoms with van der Waals surface area (Å²) in [6.45, 7) is 4.05. The van der Waals surface area contributed by atoms with E-state index in [1.165, 1.54) is 0 Å². The van der Waals surface area contributed by atoms with Crippen molar-refractivity contribution in [1.29, 1.82) is 0 Å². The number of rotatable bonds is 4. The molecule has 3 N–H and O–H groups in total. The molecule has 4 heteroatoms. The molecule has 2 aromatic rings. The molecule has 0 bridgehead atoms. The molecular formula is C14H18N2O2. The lowest BCUT2D eigenvalue weighted by Gasteiger charge is -2.09. The van der Waals surface area contributed by atoms with Crippen LogP contribution in [0.5, 0.6) is 0 Å². The molecule has 0 aliphatic carbocycles. The van der Waals surface area contributed by atoms with Gasteiger partial charge in [0.05, 0.1) is 11.7 Å². The number of hydrogen-bond acceptors (Lipinski definition) is 2. The third-order valence-corrected chi connectivity index (χ3v) is 3.09. The number of aliphatic hydroxyl groups is 1. The molecule has 96 valence electrons. The van der Waals surface area contributed by atoms with Crippen molar-refractivity contribution in [3.05, 3.63) is 35.5 Å². The van der Waals surface area contributed by atoms with Crippen LogP contribution in [0.1, 0.15) is 29.4 Å². The van der Waals surface area contributed by atoms with Crippen LogP contribution in [0.4, 0.5) is 0 Å². The first-order valence-corrected chi connectivity index (χ1v) is 6.17. The van der Waals surface area contributed by atoms with E-state index in [2.05, 4.69) is 10.3 Å². The zero-order valence-electron chi connectivity index (χ0n) is 10.7. The smallest absolute Gasteiger partial charge is 0.253 e. The molecule has 1 aromatic heterocycles. The number of amides is 1. The van der Waals surface area contributed by atoms with E-state index < -0.39 is 6.10 Å². The van der Waals surface area contributed by atoms with Crippen molar-refractivity contribution in [3.8, 4) is 0 Å². The molecule has 0 saturated heterocycles. The third-order valence-electron chi connectivity index (χ3n) is 3.09. The van der Waals surface area contributed by atoms with Crippen LogP contribution in [0.2, 0.25) is 0 Å². The highest BCUT2D eigenvalue weighted by molar-refractivity contribution is 6.08. The van der Waals surface area contributed by atoms with Gasteiger partial charge in [-0.1, -0.05) is 25.1 Å². The van der Waals surface area contributed by atoms with E-state index in [4.69, 9.17) is 0 Å². The van der Waals surface area contributed by atoms with Crippen LogP contribution >= 0.6 is 0 Å². The summed E-state index contributed by atoms with van der Waals surface area (Å²) in [7, 11) is 0. The van der Waals surface area contributed by atoms with E-state index >= 15 is 0 Å². The van der Waals surface area contributed by atoms with E-state index in [1.807, 2.05) is 38.1 Å². The normalized spacial score (nSPS) is 12.6. The summed E-state index contributed by atoms with van der Waals surface area (Å²) in [5.74, 6) is -0.141. The second-order valence-corrected chi connectivity index (χ2v) is 4.44. The Bertz CT molecular complexity index is 560. The summed E-state index contributed by atoms with van der Waals surface area (Å²) in [5, 5.41) is 13.1. The topological polar surface area (TPSA) is 65.1 Å². The highest BCUT2D eigenvalue weighted by Crippen LogP contribution is 2.21. The van der Waals surface area contributed by atoms with Gasteiger partial charge in [-0.15, -0.1) is 0 Å². The number of aromatic nitrogens is 1. The quantitative estimate of drug-likeness (QED) is 0.772. The average molecular weight is 246 g/mol. The molecule has 0 saturated carbocycles. The largest absolute Gasteiger partial charge is 0.391 e. The van der Waals surface area contributed by atoms with Gasteiger partial charge in [0, 0.05) is 23.1 Å². The Balaban J connectivity index is 2.25. The Hall–Kier alpha value is -1.81. The molecular weight excluding hydrogens is 228 g/mol. The number of fused-ring (bicyclic) bond motifs is 1. The van der Waals surface area contributed by atoms with E-state index in [-0.39, 0.29) is 12.5 Å². The van der Waals surface area contributed by atoms with Crippen molar-refractivity contribution in [2.75, 3.05) is 6.54 Å². The van der Waals surface area contributed by atoms with Gasteiger partial charge < -0.3 is 15.4 Å². The summed E-state index contributed by atoms with van der Waals surface area (Å²) in [5.41, 5.74) is 2.46. The molecule has 1 atom stereocenters. The van der Waals surface area contributed by atoms with Crippen LogP contribution in [0.15, 0.2) is 24.3 Å². The zero-order chi connectivity index (χ0) is 13.1. The van der Waals surface area contributed by atoms with E-state index in [1.54, 1.807) is 0 Å². The average Bonchev–Trinajstić information content (AvgIpc) is 2.71. The van der Waals surface area contributed by atoms with Crippen LogP contribution in [0, 0.1) is 6.92 Å². The van der Waals surface area contributed by atoms with Gasteiger partial charge in [-0.2, -0.15) is 0 Å². The van der Waals surface area contributed by atoms with Crippen molar-refractivity contribution in [2.24, 2.45) is 0 Å². The highest BCUT2D eigenvalue weighted by atomic mass is 16.3. The number of H-pyrrole nitrogens is 1. The number of carbonyl (C=O) groups excluding carboxylic acids is 1. The molecule has 0 aliphatic heterocycles. The SMILES string of the molecule is CCC(O)CNC(=O)c1c(C)[nH]c2ccccc12. The summed E-state index contributed by atoms with van der Waals surface area (Å²) in [4.78, 5) is 15.3. The predicted octanol–water partition coefficient (Wildman–Crippen LogP) is 1.98. The highest BCUT2D eigenvalue weighted by Gasteiger charge is 2.15. The Labute approximate surface area is 106 Å². The van der Waals surface area contributed by atoms with Crippen molar-refractivity contribution < 1.29 is 9.90 Å². The fourth-order valence-corrected chi connectivity index (χ4v) is 2.01. The predicted molar refractivity (Wildman–Crippen MR) is 71.7 cm³/mol. The fourth-order valence-electron chi connectivity index (χ4n) is 2.01. The number of carbonyl (C=O) groups is 1. The summed E-state index contributed by atoms with van der Waals surface area (Å²) in [6.07, 6.45) is 0.145. The van der Waals surface area contributed by atoms with Crippen LogP contribution in [0.3, 0.4) is 0 Å². The Morgan fingerprint density at radius 1 is 1.44 bits per heavy atom. The minimum Gasteiger partial charge on any atom is -0.391 e. The van der Waals surface area contributed by atoms with Crippen molar-refractivity contribution in [2.45, 2.75) is 26.4 Å². The lowest BCUT2D eigenvalue weighted by Crippen LogP contribution is -2.31. The third kappa shape index (κ3) is 2.38. The van der Waals surface area contributed by atoms with E-state index in [9.17, 15) is 9.90 Å². The molecule has 0 radical (unpaired) electrons. The number of para-hydroxylation sites is 1. The number of benzene rings is 1. The fraction of sp³-hybridized carbons (Fsp3) is 0.357. The molecule has 2 rings (SSSR count). The lowest BCUT2D eigenvalue weighted by atomic mass is 10.1. The molecule has 1 aromatic carbocycles. The first kappa shape index (κ1) is 12.6. The van der Waals surface area contributed by atoms with Gasteiger partial charge in [0.1, 0.15) is 0 Å². The van der Waals surface area contributed by atoms with Crippen molar-refractivity contribution in [3.63, 3.8) is 0 Å². The molecule has 4 nitrogen and oxygen atoms in total. The van der Waals surface area contributed by atoms with Crippen molar-refractivity contribution in [1.82, 2.24) is 10.3 Å². The first-order valence-electron chi connectivity index (χ1n) is 6.17. The Morgan fingerprint density at radius 3 is 2.89 bits per heavy atom. The standard InChI is InChI=1S/C14H18N2O2/c1-3-10(17)8-15-14(18)13-9(2)16-12-7-5-4-6-11(12)13/h4-7,10,16-17H,3,8H2,1-2H3,(H,15,18). The second kappa shape index (κ2) is 5.23. The van der Waals surface area contributed by atoms with E-state index in [0.717, 1.165) is 16.6 Å². The Kier molecular flexibility index (Phi) is 3.67. The van der Waals surface area contributed by atoms with Gasteiger partial charge >= 0.3 is 0 Å². The molecule has 1 unspecified atom stereocenters. The van der Waals surface area contributed by atoms with Crippen LogP contribution in [0.25, 0.3) is 10.9 Å². The molecule has 0 aliphatic rings. The molecule has 0 spiro atoms. The maximum absolute atomic E-state index is 12.1. The molecule has 1 heterocycles. The monoisotopic (exact) mass is 246 g/mol. The van der Waals surface area contributed by atoms with E-state index in [0.29, 0.717) is 12.0 Å². The maximum atomic E-state index is 12.1. The zero-order valence-corrected chi connectivity index (χ0v) is 10.7. The minimum absolute atomic E-state index is 0.141. The van der Waals surface area contributed by atoms with Gasteiger partial charge in [0.2, 0.25) is 0 Å². The minimum atomic E-state index is -0.487. The molecule has 18 heavy (non-hydrogen) atoms. The molecule has 0 fully saturated rings. The summed E-state index contributed by atoms with van der Waals surface area (Å²) < 4.78 is 0. The lowest BCUT2D eigenvalue weighted by molar-refractivity contribution is 0.0915. The van der Waals surface area contributed by atoms with Crippen LogP contribution in [-0.2, 0) is 0 Å². The molecule has 1 amide bonds. The second-order valence-electron chi connectivity index (χ2n) is 4.44. The Morgan fingerprint density at radius 2 is 2.17 bits per heavy atom. The number of aliphatic hydroxyl groups excluding tert-OH is 1. The van der Waals surface area contributed by atoms with Gasteiger partial charge in [-0.3, -0.25) is 4.79 Å². The summed E-state index contributed by atoms with van der Waals surface area (Å²) in [6, 6.07) is 7.71.